The molecule has 0 saturated heterocycles. The number of aromatic nitrogens is 1. The molecule has 0 aliphatic carbocycles. The predicted octanol–water partition coefficient (Wildman–Crippen LogP) is 3.45. The molecule has 1 heterocycles. The molecule has 0 aliphatic heterocycles. The SMILES string of the molecule is CCNC(=NCc1ccc(NC(=O)OC)cc1)N(C)Cc1cc(Cl)cn1C. The maximum atomic E-state index is 11.2. The van der Waals surface area contributed by atoms with Gasteiger partial charge in [0.15, 0.2) is 5.96 Å². The molecular formula is C19H26ClN5O2. The zero-order valence-electron chi connectivity index (χ0n) is 16.1. The first-order valence-corrected chi connectivity index (χ1v) is 9.04. The normalized spacial score (nSPS) is 11.2. The molecule has 0 saturated carbocycles. The molecule has 0 atom stereocenters. The molecule has 1 aromatic carbocycles. The third-order valence-electron chi connectivity index (χ3n) is 3.97. The van der Waals surface area contributed by atoms with Crippen molar-refractivity contribution in [1.82, 2.24) is 14.8 Å². The van der Waals surface area contributed by atoms with Gasteiger partial charge in [0, 0.05) is 38.2 Å². The molecule has 7 nitrogen and oxygen atoms in total. The maximum absolute atomic E-state index is 11.2. The summed E-state index contributed by atoms with van der Waals surface area (Å²) in [6.07, 6.45) is 1.40. The van der Waals surface area contributed by atoms with Crippen LogP contribution in [0.2, 0.25) is 5.02 Å². The highest BCUT2D eigenvalue weighted by molar-refractivity contribution is 6.30. The molecule has 1 amide bonds. The summed E-state index contributed by atoms with van der Waals surface area (Å²) in [5.74, 6) is 0.812. The average molecular weight is 392 g/mol. The second kappa shape index (κ2) is 9.87. The molecule has 146 valence electrons. The minimum Gasteiger partial charge on any atom is -0.453 e. The molecule has 0 spiro atoms. The van der Waals surface area contributed by atoms with E-state index in [-0.39, 0.29) is 0 Å². The van der Waals surface area contributed by atoms with Crippen molar-refractivity contribution in [2.45, 2.75) is 20.0 Å². The molecule has 2 rings (SSSR count). The second-order valence-corrected chi connectivity index (χ2v) is 6.54. The third-order valence-corrected chi connectivity index (χ3v) is 4.17. The second-order valence-electron chi connectivity index (χ2n) is 6.10. The highest BCUT2D eigenvalue weighted by Gasteiger charge is 2.10. The van der Waals surface area contributed by atoms with E-state index in [1.165, 1.54) is 7.11 Å². The molecule has 8 heteroatoms. The van der Waals surface area contributed by atoms with Gasteiger partial charge >= 0.3 is 6.09 Å². The van der Waals surface area contributed by atoms with Crippen LogP contribution in [0, 0.1) is 0 Å². The van der Waals surface area contributed by atoms with Gasteiger partial charge in [-0.1, -0.05) is 23.7 Å². The number of carbonyl (C=O) groups is 1. The molecule has 0 fully saturated rings. The van der Waals surface area contributed by atoms with E-state index in [1.807, 2.05) is 62.1 Å². The van der Waals surface area contributed by atoms with E-state index < -0.39 is 6.09 Å². The first kappa shape index (κ1) is 20.6. The summed E-state index contributed by atoms with van der Waals surface area (Å²) in [4.78, 5) is 18.0. The number of anilines is 1. The lowest BCUT2D eigenvalue weighted by Gasteiger charge is -2.22. The number of hydrogen-bond donors (Lipinski definition) is 2. The summed E-state index contributed by atoms with van der Waals surface area (Å²) in [5, 5.41) is 6.66. The van der Waals surface area contributed by atoms with Crippen LogP contribution in [-0.4, -0.2) is 42.2 Å². The van der Waals surface area contributed by atoms with E-state index >= 15 is 0 Å². The predicted molar refractivity (Wildman–Crippen MR) is 109 cm³/mol. The number of nitrogens with zero attached hydrogens (tertiary/aromatic N) is 3. The number of guanidine groups is 1. The summed E-state index contributed by atoms with van der Waals surface area (Å²) in [6, 6.07) is 9.45. The number of amides is 1. The van der Waals surface area contributed by atoms with E-state index in [1.54, 1.807) is 0 Å². The van der Waals surface area contributed by atoms with Gasteiger partial charge in [-0.15, -0.1) is 0 Å². The Labute approximate surface area is 165 Å². The first-order valence-electron chi connectivity index (χ1n) is 8.67. The Hall–Kier alpha value is -2.67. The summed E-state index contributed by atoms with van der Waals surface area (Å²) in [5.41, 5.74) is 2.82. The topological polar surface area (TPSA) is 70.9 Å². The lowest BCUT2D eigenvalue weighted by Crippen LogP contribution is -2.38. The van der Waals surface area contributed by atoms with Gasteiger partial charge < -0.3 is 19.5 Å². The van der Waals surface area contributed by atoms with Crippen LogP contribution in [0.4, 0.5) is 10.5 Å². The smallest absolute Gasteiger partial charge is 0.411 e. The first-order chi connectivity index (χ1) is 12.9. The van der Waals surface area contributed by atoms with Crippen molar-refractivity contribution in [3.05, 3.63) is 52.8 Å². The van der Waals surface area contributed by atoms with Crippen LogP contribution in [0.1, 0.15) is 18.2 Å². The van der Waals surface area contributed by atoms with Crippen molar-refractivity contribution >= 4 is 29.3 Å². The van der Waals surface area contributed by atoms with Gasteiger partial charge in [0.25, 0.3) is 0 Å². The number of rotatable bonds is 6. The van der Waals surface area contributed by atoms with Crippen molar-refractivity contribution in [3.8, 4) is 0 Å². The number of ether oxygens (including phenoxy) is 1. The molecule has 27 heavy (non-hydrogen) atoms. The fraction of sp³-hybridized carbons (Fsp3) is 0.368. The van der Waals surface area contributed by atoms with Gasteiger partial charge in [0.2, 0.25) is 0 Å². The number of aliphatic imine (C=N–C) groups is 1. The van der Waals surface area contributed by atoms with Crippen molar-refractivity contribution in [2.75, 3.05) is 26.0 Å². The molecule has 0 bridgehead atoms. The summed E-state index contributed by atoms with van der Waals surface area (Å²) >= 11 is 6.07. The quantitative estimate of drug-likeness (QED) is 0.584. The Morgan fingerprint density at radius 1 is 1.33 bits per heavy atom. The molecule has 0 radical (unpaired) electrons. The van der Waals surface area contributed by atoms with Gasteiger partial charge in [-0.25, -0.2) is 9.79 Å². The average Bonchev–Trinajstić information content (AvgIpc) is 2.96. The Balaban J connectivity index is 2.03. The maximum Gasteiger partial charge on any atom is 0.411 e. The van der Waals surface area contributed by atoms with Gasteiger partial charge in [-0.05, 0) is 30.7 Å². The Morgan fingerprint density at radius 2 is 2.04 bits per heavy atom. The lowest BCUT2D eigenvalue weighted by molar-refractivity contribution is 0.187. The number of halogens is 1. The Kier molecular flexibility index (Phi) is 7.55. The number of nitrogens with one attached hydrogen (secondary N) is 2. The van der Waals surface area contributed by atoms with Gasteiger partial charge in [-0.2, -0.15) is 0 Å². The fourth-order valence-electron chi connectivity index (χ4n) is 2.54. The molecule has 0 unspecified atom stereocenters. The standard InChI is InChI=1S/C19H26ClN5O2/c1-5-21-18(25(3)13-17-10-15(20)12-24(17)2)22-11-14-6-8-16(9-7-14)23-19(26)27-4/h6-10,12H,5,11,13H2,1-4H3,(H,21,22)(H,23,26). The fourth-order valence-corrected chi connectivity index (χ4v) is 2.81. The lowest BCUT2D eigenvalue weighted by atomic mass is 10.2. The number of carbonyl (C=O) groups excluding carboxylic acids is 1. The van der Waals surface area contributed by atoms with E-state index in [0.717, 1.165) is 28.8 Å². The zero-order chi connectivity index (χ0) is 19.8. The van der Waals surface area contributed by atoms with Gasteiger partial charge in [-0.3, -0.25) is 5.32 Å². The van der Waals surface area contributed by atoms with Crippen LogP contribution in [0.3, 0.4) is 0 Å². The van der Waals surface area contributed by atoms with Crippen LogP contribution in [-0.2, 0) is 24.9 Å². The third kappa shape index (κ3) is 6.21. The van der Waals surface area contributed by atoms with Crippen LogP contribution in [0.15, 0.2) is 41.5 Å². The summed E-state index contributed by atoms with van der Waals surface area (Å²) in [7, 11) is 5.30. The van der Waals surface area contributed by atoms with Crippen molar-refractivity contribution in [1.29, 1.82) is 0 Å². The van der Waals surface area contributed by atoms with Crippen LogP contribution >= 0.6 is 11.6 Å². The van der Waals surface area contributed by atoms with Crippen LogP contribution < -0.4 is 10.6 Å². The number of hydrogen-bond acceptors (Lipinski definition) is 3. The van der Waals surface area contributed by atoms with Gasteiger partial charge in [0.1, 0.15) is 0 Å². The van der Waals surface area contributed by atoms with Gasteiger partial charge in [0.05, 0.1) is 25.2 Å². The highest BCUT2D eigenvalue weighted by atomic mass is 35.5. The molecular weight excluding hydrogens is 366 g/mol. The monoisotopic (exact) mass is 391 g/mol. The zero-order valence-corrected chi connectivity index (χ0v) is 16.9. The summed E-state index contributed by atoms with van der Waals surface area (Å²) in [6.45, 7) is 4.03. The molecule has 0 aliphatic rings. The molecule has 2 aromatic rings. The highest BCUT2D eigenvalue weighted by Crippen LogP contribution is 2.15. The number of aryl methyl sites for hydroxylation is 1. The number of benzene rings is 1. The Bertz CT molecular complexity index is 786. The van der Waals surface area contributed by atoms with Crippen molar-refractivity contribution < 1.29 is 9.53 Å². The van der Waals surface area contributed by atoms with E-state index in [9.17, 15) is 4.79 Å². The Morgan fingerprint density at radius 3 is 2.59 bits per heavy atom. The summed E-state index contributed by atoms with van der Waals surface area (Å²) < 4.78 is 6.59. The molecule has 1 aromatic heterocycles. The number of methoxy groups -OCH3 is 1. The van der Waals surface area contributed by atoms with E-state index in [2.05, 4.69) is 20.3 Å². The van der Waals surface area contributed by atoms with Crippen molar-refractivity contribution in [2.24, 2.45) is 12.0 Å². The van der Waals surface area contributed by atoms with E-state index in [0.29, 0.717) is 18.8 Å². The van der Waals surface area contributed by atoms with Crippen LogP contribution in [0.25, 0.3) is 0 Å². The van der Waals surface area contributed by atoms with E-state index in [4.69, 9.17) is 16.6 Å². The minimum atomic E-state index is -0.488. The largest absolute Gasteiger partial charge is 0.453 e. The van der Waals surface area contributed by atoms with Crippen molar-refractivity contribution in [3.63, 3.8) is 0 Å². The molecule has 2 N–H and O–H groups in total. The minimum absolute atomic E-state index is 0.488. The van der Waals surface area contributed by atoms with Crippen LogP contribution in [0.5, 0.6) is 0 Å².